The maximum Gasteiger partial charge on any atom is 0.152 e. The highest BCUT2D eigenvalue weighted by Crippen LogP contribution is 2.26. The molecule has 3 rings (SSSR count). The third-order valence-electron chi connectivity index (χ3n) is 4.90. The number of hydrogen-bond donors (Lipinski definition) is 1. The van der Waals surface area contributed by atoms with E-state index < -0.39 is 9.84 Å². The first-order chi connectivity index (χ1) is 11.9. The third kappa shape index (κ3) is 4.43. The highest BCUT2D eigenvalue weighted by atomic mass is 35.5. The Labute approximate surface area is 154 Å². The van der Waals surface area contributed by atoms with Gasteiger partial charge in [-0.25, -0.2) is 8.42 Å². The van der Waals surface area contributed by atoms with Crippen molar-refractivity contribution in [3.63, 3.8) is 0 Å². The predicted molar refractivity (Wildman–Crippen MR) is 99.7 cm³/mol. The molecule has 0 saturated carbocycles. The van der Waals surface area contributed by atoms with Gasteiger partial charge in [0, 0.05) is 22.7 Å². The smallest absolute Gasteiger partial charge is 0.152 e. The summed E-state index contributed by atoms with van der Waals surface area (Å²) in [5, 5.41) is 7.67. The molecular weight excluding hydrogens is 358 g/mol. The van der Waals surface area contributed by atoms with E-state index >= 15 is 0 Å². The number of nitrogens with two attached hydrogens (primary N) is 1. The van der Waals surface area contributed by atoms with Gasteiger partial charge in [-0.3, -0.25) is 4.68 Å². The summed E-state index contributed by atoms with van der Waals surface area (Å²) in [6.45, 7) is 5.89. The van der Waals surface area contributed by atoms with E-state index in [1.54, 1.807) is 0 Å². The molecule has 0 amide bonds. The number of aromatic nitrogens is 2. The molecule has 0 radical (unpaired) electrons. The van der Waals surface area contributed by atoms with Crippen molar-refractivity contribution in [2.24, 2.45) is 0 Å². The van der Waals surface area contributed by atoms with Gasteiger partial charge in [-0.05, 0) is 38.0 Å². The Bertz CT molecular complexity index is 861. The van der Waals surface area contributed by atoms with Crippen molar-refractivity contribution in [3.05, 3.63) is 51.8 Å². The maximum atomic E-state index is 11.7. The van der Waals surface area contributed by atoms with Crippen molar-refractivity contribution < 1.29 is 13.7 Å². The van der Waals surface area contributed by atoms with Crippen molar-refractivity contribution in [2.75, 3.05) is 18.1 Å². The van der Waals surface area contributed by atoms with Crippen LogP contribution in [0.4, 0.5) is 0 Å². The van der Waals surface area contributed by atoms with E-state index in [1.165, 1.54) is 11.1 Å². The monoisotopic (exact) mass is 382 g/mol. The van der Waals surface area contributed by atoms with Crippen LogP contribution in [0.2, 0.25) is 5.02 Å². The van der Waals surface area contributed by atoms with Crippen LogP contribution < -0.4 is 5.32 Å². The molecule has 7 heteroatoms. The predicted octanol–water partition coefficient (Wildman–Crippen LogP) is 1.82. The van der Waals surface area contributed by atoms with Crippen LogP contribution in [-0.4, -0.2) is 36.2 Å². The molecule has 0 aliphatic carbocycles. The van der Waals surface area contributed by atoms with Gasteiger partial charge in [0.25, 0.3) is 0 Å². The second-order valence-electron chi connectivity index (χ2n) is 6.81. The lowest BCUT2D eigenvalue weighted by Gasteiger charge is -2.11. The first-order valence-corrected chi connectivity index (χ1v) is 10.9. The number of benzene rings is 1. The zero-order valence-corrected chi connectivity index (χ0v) is 16.3. The SMILES string of the molecule is Cc1nn([C@H]2CCS(=O)(=O)C2)c(C)c1C[NH2+]CCc1cccc(Cl)c1. The average molecular weight is 383 g/mol. The third-order valence-corrected chi connectivity index (χ3v) is 6.89. The largest absolute Gasteiger partial charge is 0.342 e. The van der Waals surface area contributed by atoms with Gasteiger partial charge in [0.05, 0.1) is 29.8 Å². The Balaban J connectivity index is 1.60. The maximum absolute atomic E-state index is 11.7. The zero-order valence-electron chi connectivity index (χ0n) is 14.7. The topological polar surface area (TPSA) is 68.6 Å². The van der Waals surface area contributed by atoms with E-state index in [0.717, 1.165) is 35.9 Å². The molecule has 1 aromatic heterocycles. The first kappa shape index (κ1) is 18.4. The van der Waals surface area contributed by atoms with Crippen molar-refractivity contribution in [3.8, 4) is 0 Å². The molecule has 5 nitrogen and oxygen atoms in total. The number of sulfone groups is 1. The molecule has 25 heavy (non-hydrogen) atoms. The van der Waals surface area contributed by atoms with Crippen LogP contribution in [0.1, 0.15) is 35.0 Å². The fourth-order valence-electron chi connectivity index (χ4n) is 3.52. The zero-order chi connectivity index (χ0) is 18.0. The van der Waals surface area contributed by atoms with Crippen LogP contribution in [0.25, 0.3) is 0 Å². The van der Waals surface area contributed by atoms with Gasteiger partial charge in [0.15, 0.2) is 9.84 Å². The molecule has 1 saturated heterocycles. The Morgan fingerprint density at radius 1 is 1.36 bits per heavy atom. The van der Waals surface area contributed by atoms with E-state index in [9.17, 15) is 8.42 Å². The Morgan fingerprint density at radius 3 is 2.84 bits per heavy atom. The van der Waals surface area contributed by atoms with E-state index in [0.29, 0.717) is 6.42 Å². The van der Waals surface area contributed by atoms with Gasteiger partial charge < -0.3 is 5.32 Å². The molecular formula is C18H25ClN3O2S+. The quantitative estimate of drug-likeness (QED) is 0.775. The molecule has 1 aliphatic heterocycles. The van der Waals surface area contributed by atoms with Crippen molar-refractivity contribution in [2.45, 2.75) is 39.3 Å². The number of nitrogens with zero attached hydrogens (tertiary/aromatic N) is 2. The number of hydrogen-bond acceptors (Lipinski definition) is 3. The van der Waals surface area contributed by atoms with E-state index in [-0.39, 0.29) is 17.5 Å². The molecule has 2 aromatic rings. The summed E-state index contributed by atoms with van der Waals surface area (Å²) in [6.07, 6.45) is 1.63. The molecule has 136 valence electrons. The minimum absolute atomic E-state index is 0.0103. The molecule has 1 atom stereocenters. The summed E-state index contributed by atoms with van der Waals surface area (Å²) >= 11 is 6.02. The lowest BCUT2D eigenvalue weighted by atomic mass is 10.1. The Kier molecular flexibility index (Phi) is 5.51. The van der Waals surface area contributed by atoms with Crippen LogP contribution in [0.15, 0.2) is 24.3 Å². The van der Waals surface area contributed by atoms with Gasteiger partial charge in [-0.1, -0.05) is 23.7 Å². The first-order valence-electron chi connectivity index (χ1n) is 8.67. The number of quaternary nitrogens is 1. The summed E-state index contributed by atoms with van der Waals surface area (Å²) in [5.74, 6) is 0.490. The summed E-state index contributed by atoms with van der Waals surface area (Å²) < 4.78 is 25.4. The van der Waals surface area contributed by atoms with Gasteiger partial charge in [0.1, 0.15) is 6.54 Å². The molecule has 1 aliphatic rings. The lowest BCUT2D eigenvalue weighted by molar-refractivity contribution is -0.670. The number of halogens is 1. The minimum Gasteiger partial charge on any atom is -0.342 e. The molecule has 0 bridgehead atoms. The van der Waals surface area contributed by atoms with Crippen LogP contribution in [0.5, 0.6) is 0 Å². The summed E-state index contributed by atoms with van der Waals surface area (Å²) in [6, 6.07) is 7.95. The van der Waals surface area contributed by atoms with Crippen LogP contribution in [-0.2, 0) is 22.8 Å². The van der Waals surface area contributed by atoms with Crippen LogP contribution in [0, 0.1) is 13.8 Å². The lowest BCUT2D eigenvalue weighted by Crippen LogP contribution is -2.83. The van der Waals surface area contributed by atoms with Crippen LogP contribution >= 0.6 is 11.6 Å². The Morgan fingerprint density at radius 2 is 2.16 bits per heavy atom. The molecule has 0 spiro atoms. The summed E-state index contributed by atoms with van der Waals surface area (Å²) in [4.78, 5) is 0. The van der Waals surface area contributed by atoms with E-state index in [2.05, 4.69) is 16.5 Å². The molecule has 0 unspecified atom stereocenters. The molecule has 2 N–H and O–H groups in total. The van der Waals surface area contributed by atoms with Gasteiger partial charge in [-0.15, -0.1) is 0 Å². The fourth-order valence-corrected chi connectivity index (χ4v) is 5.43. The van der Waals surface area contributed by atoms with Gasteiger partial charge in [-0.2, -0.15) is 5.10 Å². The van der Waals surface area contributed by atoms with Crippen molar-refractivity contribution in [1.82, 2.24) is 9.78 Å². The fraction of sp³-hybridized carbons (Fsp3) is 0.500. The molecule has 2 heterocycles. The minimum atomic E-state index is -2.90. The highest BCUT2D eigenvalue weighted by molar-refractivity contribution is 7.91. The summed E-state index contributed by atoms with van der Waals surface area (Å²) in [7, 11) is -2.90. The molecule has 1 fully saturated rings. The number of aryl methyl sites for hydroxylation is 1. The van der Waals surface area contributed by atoms with Crippen LogP contribution in [0.3, 0.4) is 0 Å². The molecule has 1 aromatic carbocycles. The van der Waals surface area contributed by atoms with E-state index in [4.69, 9.17) is 11.6 Å². The summed E-state index contributed by atoms with van der Waals surface area (Å²) in [5.41, 5.74) is 4.55. The normalized spacial score (nSPS) is 19.4. The average Bonchev–Trinajstić information content (AvgIpc) is 3.04. The second-order valence-corrected chi connectivity index (χ2v) is 9.48. The van der Waals surface area contributed by atoms with Gasteiger partial charge >= 0.3 is 0 Å². The number of rotatable bonds is 6. The van der Waals surface area contributed by atoms with Gasteiger partial charge in [0.2, 0.25) is 0 Å². The van der Waals surface area contributed by atoms with Crippen molar-refractivity contribution in [1.29, 1.82) is 0 Å². The van der Waals surface area contributed by atoms with E-state index in [1.807, 2.05) is 36.7 Å². The standard InChI is InChI=1S/C18H24ClN3O2S/c1-13-18(11-20-8-6-15-4-3-5-16(19)10-15)14(2)22(21-13)17-7-9-25(23,24)12-17/h3-5,10,17,20H,6-9,11-12H2,1-2H3/p+1/t17-/m0/s1. The Hall–Kier alpha value is -1.37. The second kappa shape index (κ2) is 7.48. The highest BCUT2D eigenvalue weighted by Gasteiger charge is 2.31. The van der Waals surface area contributed by atoms with Crippen molar-refractivity contribution >= 4 is 21.4 Å².